The van der Waals surface area contributed by atoms with Crippen molar-refractivity contribution in [3.05, 3.63) is 34.4 Å². The highest BCUT2D eigenvalue weighted by atomic mass is 35.5. The van der Waals surface area contributed by atoms with Gasteiger partial charge in [-0.05, 0) is 37.1 Å². The number of benzene rings is 1. The number of ether oxygens (including phenoxy) is 1. The minimum absolute atomic E-state index is 0.0162. The number of rotatable bonds is 2. The van der Waals surface area contributed by atoms with Gasteiger partial charge in [-0.1, -0.05) is 24.4 Å². The molecule has 1 fully saturated rings. The van der Waals surface area contributed by atoms with Crippen LogP contribution in [0.15, 0.2) is 23.8 Å². The zero-order chi connectivity index (χ0) is 13.2. The van der Waals surface area contributed by atoms with Crippen LogP contribution in [0.4, 0.5) is 0 Å². The van der Waals surface area contributed by atoms with E-state index < -0.39 is 0 Å². The molecule has 1 heterocycles. The van der Waals surface area contributed by atoms with Crippen molar-refractivity contribution >= 4 is 23.6 Å². The fourth-order valence-electron chi connectivity index (χ4n) is 2.63. The number of fused-ring (bicyclic) bond motifs is 1. The predicted molar refractivity (Wildman–Crippen MR) is 75.3 cm³/mol. The lowest BCUT2D eigenvalue weighted by molar-refractivity contribution is -0.118. The van der Waals surface area contributed by atoms with Gasteiger partial charge >= 0.3 is 0 Å². The smallest absolute Gasteiger partial charge is 0.250 e. The number of nitrogens with one attached hydrogen (secondary N) is 1. The van der Waals surface area contributed by atoms with Crippen LogP contribution in [0, 0.1) is 0 Å². The van der Waals surface area contributed by atoms with Crippen LogP contribution in [0.25, 0.3) is 6.08 Å². The number of amides is 1. The Morgan fingerprint density at radius 2 is 2.11 bits per heavy atom. The van der Waals surface area contributed by atoms with Crippen molar-refractivity contribution in [2.24, 2.45) is 0 Å². The maximum atomic E-state index is 12.2. The summed E-state index contributed by atoms with van der Waals surface area (Å²) in [5.41, 5.74) is 1.54. The minimum Gasteiger partial charge on any atom is -0.488 e. The standard InChI is InChI=1S/C15H16ClNO2/c16-12-5-6-14-10(8-12)7-11(9-19-14)15(18)17-13-3-1-2-4-13/h5-8,13H,1-4,9H2,(H,17,18). The SMILES string of the molecule is O=C(NC1CCCC1)C1=Cc2cc(Cl)ccc2OC1. The average molecular weight is 278 g/mol. The van der Waals surface area contributed by atoms with Gasteiger partial charge in [-0.2, -0.15) is 0 Å². The van der Waals surface area contributed by atoms with Crippen molar-refractivity contribution < 1.29 is 9.53 Å². The maximum Gasteiger partial charge on any atom is 0.250 e. The first kappa shape index (κ1) is 12.5. The Hall–Kier alpha value is -1.48. The highest BCUT2D eigenvalue weighted by Gasteiger charge is 2.22. The predicted octanol–water partition coefficient (Wildman–Crippen LogP) is 3.17. The van der Waals surface area contributed by atoms with Crippen LogP contribution < -0.4 is 10.1 Å². The van der Waals surface area contributed by atoms with Gasteiger partial charge in [0.25, 0.3) is 5.91 Å². The van der Waals surface area contributed by atoms with Crippen LogP contribution in [-0.4, -0.2) is 18.6 Å². The molecule has 0 atom stereocenters. The van der Waals surface area contributed by atoms with Gasteiger partial charge in [-0.15, -0.1) is 0 Å². The third-order valence-electron chi connectivity index (χ3n) is 3.67. The molecule has 1 aliphatic heterocycles. The lowest BCUT2D eigenvalue weighted by atomic mass is 10.1. The first-order valence-corrected chi connectivity index (χ1v) is 7.04. The molecule has 3 rings (SSSR count). The highest BCUT2D eigenvalue weighted by Crippen LogP contribution is 2.29. The monoisotopic (exact) mass is 277 g/mol. The van der Waals surface area contributed by atoms with E-state index in [2.05, 4.69) is 5.32 Å². The summed E-state index contributed by atoms with van der Waals surface area (Å²) in [7, 11) is 0. The van der Waals surface area contributed by atoms with Gasteiger partial charge in [-0.3, -0.25) is 4.79 Å². The first-order valence-electron chi connectivity index (χ1n) is 6.66. The van der Waals surface area contributed by atoms with E-state index in [4.69, 9.17) is 16.3 Å². The molecule has 0 bridgehead atoms. The summed E-state index contributed by atoms with van der Waals surface area (Å²) in [6.45, 7) is 0.327. The van der Waals surface area contributed by atoms with Gasteiger partial charge in [0.2, 0.25) is 0 Å². The van der Waals surface area contributed by atoms with Crippen molar-refractivity contribution in [2.45, 2.75) is 31.7 Å². The van der Waals surface area contributed by atoms with E-state index in [0.29, 0.717) is 23.2 Å². The van der Waals surface area contributed by atoms with Crippen molar-refractivity contribution in [3.8, 4) is 5.75 Å². The van der Waals surface area contributed by atoms with Crippen LogP contribution in [-0.2, 0) is 4.79 Å². The van der Waals surface area contributed by atoms with Crippen molar-refractivity contribution in [1.29, 1.82) is 0 Å². The average Bonchev–Trinajstić information content (AvgIpc) is 2.90. The Balaban J connectivity index is 1.76. The van der Waals surface area contributed by atoms with E-state index in [-0.39, 0.29) is 5.91 Å². The summed E-state index contributed by atoms with van der Waals surface area (Å²) >= 11 is 5.96. The normalized spacial score (nSPS) is 18.5. The second-order valence-electron chi connectivity index (χ2n) is 5.10. The fourth-order valence-corrected chi connectivity index (χ4v) is 2.81. The number of halogens is 1. The maximum absolute atomic E-state index is 12.2. The van der Waals surface area contributed by atoms with E-state index in [9.17, 15) is 4.79 Å². The molecule has 1 amide bonds. The summed E-state index contributed by atoms with van der Waals surface area (Å²) in [6.07, 6.45) is 6.46. The molecule has 1 saturated carbocycles. The Labute approximate surface area is 117 Å². The number of carbonyl (C=O) groups is 1. The van der Waals surface area contributed by atoms with E-state index >= 15 is 0 Å². The summed E-state index contributed by atoms with van der Waals surface area (Å²) in [5, 5.41) is 3.72. The van der Waals surface area contributed by atoms with Crippen LogP contribution >= 0.6 is 11.6 Å². The molecule has 19 heavy (non-hydrogen) atoms. The third-order valence-corrected chi connectivity index (χ3v) is 3.90. The number of hydrogen-bond donors (Lipinski definition) is 1. The van der Waals surface area contributed by atoms with Gasteiger partial charge in [-0.25, -0.2) is 0 Å². The Morgan fingerprint density at radius 3 is 2.89 bits per heavy atom. The molecular weight excluding hydrogens is 262 g/mol. The second kappa shape index (κ2) is 5.25. The zero-order valence-electron chi connectivity index (χ0n) is 10.6. The van der Waals surface area contributed by atoms with E-state index in [1.807, 2.05) is 18.2 Å². The largest absolute Gasteiger partial charge is 0.488 e. The third kappa shape index (κ3) is 2.76. The molecule has 0 aromatic heterocycles. The summed E-state index contributed by atoms with van der Waals surface area (Å²) in [4.78, 5) is 12.2. The van der Waals surface area contributed by atoms with Gasteiger partial charge in [0, 0.05) is 16.6 Å². The molecule has 1 aliphatic carbocycles. The molecule has 3 nitrogen and oxygen atoms in total. The van der Waals surface area contributed by atoms with Crippen LogP contribution in [0.3, 0.4) is 0 Å². The Bertz CT molecular complexity index is 533. The van der Waals surface area contributed by atoms with Gasteiger partial charge in [0.05, 0.1) is 5.57 Å². The van der Waals surface area contributed by atoms with Gasteiger partial charge < -0.3 is 10.1 Å². The summed E-state index contributed by atoms with van der Waals surface area (Å²) < 4.78 is 5.59. The van der Waals surface area contributed by atoms with Crippen LogP contribution in [0.5, 0.6) is 5.75 Å². The molecule has 0 radical (unpaired) electrons. The molecular formula is C15H16ClNO2. The highest BCUT2D eigenvalue weighted by molar-refractivity contribution is 6.30. The molecule has 0 spiro atoms. The van der Waals surface area contributed by atoms with E-state index in [1.165, 1.54) is 12.8 Å². The lowest BCUT2D eigenvalue weighted by Gasteiger charge is -2.19. The molecule has 0 unspecified atom stereocenters. The van der Waals surface area contributed by atoms with Gasteiger partial charge in [0.1, 0.15) is 12.4 Å². The van der Waals surface area contributed by atoms with Crippen molar-refractivity contribution in [3.63, 3.8) is 0 Å². The topological polar surface area (TPSA) is 38.3 Å². The molecule has 0 saturated heterocycles. The van der Waals surface area contributed by atoms with E-state index in [1.54, 1.807) is 6.07 Å². The Morgan fingerprint density at radius 1 is 1.32 bits per heavy atom. The lowest BCUT2D eigenvalue weighted by Crippen LogP contribution is -2.35. The molecule has 2 aliphatic rings. The molecule has 1 N–H and O–H groups in total. The van der Waals surface area contributed by atoms with Crippen LogP contribution in [0.1, 0.15) is 31.2 Å². The fraction of sp³-hybridized carbons (Fsp3) is 0.400. The first-order chi connectivity index (χ1) is 9.22. The summed E-state index contributed by atoms with van der Waals surface area (Å²) in [5.74, 6) is 0.763. The number of carbonyl (C=O) groups excluding carboxylic acids is 1. The van der Waals surface area contributed by atoms with Crippen molar-refractivity contribution in [1.82, 2.24) is 5.32 Å². The molecule has 1 aromatic rings. The number of hydrogen-bond acceptors (Lipinski definition) is 2. The van der Waals surface area contributed by atoms with Crippen molar-refractivity contribution in [2.75, 3.05) is 6.61 Å². The van der Waals surface area contributed by atoms with Crippen LogP contribution in [0.2, 0.25) is 5.02 Å². The zero-order valence-corrected chi connectivity index (χ0v) is 11.4. The molecule has 1 aromatic carbocycles. The molecule has 100 valence electrons. The summed E-state index contributed by atoms with van der Waals surface area (Å²) in [6, 6.07) is 5.77. The quantitative estimate of drug-likeness (QED) is 0.902. The Kier molecular flexibility index (Phi) is 3.47. The second-order valence-corrected chi connectivity index (χ2v) is 5.53. The van der Waals surface area contributed by atoms with E-state index in [0.717, 1.165) is 24.2 Å². The molecule has 4 heteroatoms. The minimum atomic E-state index is -0.0162. The van der Waals surface area contributed by atoms with Gasteiger partial charge in [0.15, 0.2) is 0 Å².